The molecule has 9 heteroatoms. The first-order valence-electron chi connectivity index (χ1n) is 9.81. The molecule has 1 aliphatic heterocycles. The molecule has 8 nitrogen and oxygen atoms in total. The molecule has 0 unspecified atom stereocenters. The van der Waals surface area contributed by atoms with E-state index in [-0.39, 0.29) is 16.9 Å². The quantitative estimate of drug-likeness (QED) is 0.738. The molecule has 1 aromatic carbocycles. The normalized spacial score (nSPS) is 16.0. The van der Waals surface area contributed by atoms with E-state index in [2.05, 4.69) is 10.3 Å². The van der Waals surface area contributed by atoms with E-state index in [9.17, 15) is 13.2 Å². The van der Waals surface area contributed by atoms with Crippen LogP contribution >= 0.6 is 0 Å². The number of aromatic nitrogens is 2. The van der Waals surface area contributed by atoms with Crippen LogP contribution in [0.25, 0.3) is 0 Å². The zero-order valence-corrected chi connectivity index (χ0v) is 17.9. The maximum absolute atomic E-state index is 12.8. The molecule has 0 aliphatic carbocycles. The number of carbonyl (C=O) groups excluding carboxylic acids is 1. The van der Waals surface area contributed by atoms with Crippen LogP contribution in [0.1, 0.15) is 31.2 Å². The highest BCUT2D eigenvalue weighted by Gasteiger charge is 2.33. The Balaban J connectivity index is 1.51. The fraction of sp³-hybridized carbons (Fsp3) is 0.500. The Morgan fingerprint density at radius 2 is 1.90 bits per heavy atom. The van der Waals surface area contributed by atoms with Crippen LogP contribution in [-0.2, 0) is 28.4 Å². The molecule has 0 radical (unpaired) electrons. The number of nitrogens with zero attached hydrogens (tertiary/aromatic N) is 3. The van der Waals surface area contributed by atoms with E-state index in [1.165, 1.54) is 10.5 Å². The minimum atomic E-state index is -3.62. The highest BCUT2D eigenvalue weighted by molar-refractivity contribution is 7.89. The standard InChI is InChI=1S/C20H28N4O4S/c1-4-28-18-7-5-16(6-8-18)13-21-20(25)17-9-11-24(12-10-17)29(26,27)19-14-23(3)15(2)22-19/h5-8,14,17H,4,9-13H2,1-3H3,(H,21,25). The summed E-state index contributed by atoms with van der Waals surface area (Å²) in [5.41, 5.74) is 0.993. The zero-order valence-electron chi connectivity index (χ0n) is 17.1. The molecule has 1 fully saturated rings. The van der Waals surface area contributed by atoms with Gasteiger partial charge in [0.15, 0.2) is 5.03 Å². The van der Waals surface area contributed by atoms with Crippen molar-refractivity contribution in [2.75, 3.05) is 19.7 Å². The summed E-state index contributed by atoms with van der Waals surface area (Å²) in [7, 11) is -1.85. The summed E-state index contributed by atoms with van der Waals surface area (Å²) >= 11 is 0. The molecule has 1 saturated heterocycles. The van der Waals surface area contributed by atoms with Gasteiger partial charge in [0.2, 0.25) is 5.91 Å². The molecule has 158 valence electrons. The Bertz CT molecular complexity index is 926. The van der Waals surface area contributed by atoms with E-state index < -0.39 is 10.0 Å². The Hall–Kier alpha value is -2.39. The Morgan fingerprint density at radius 3 is 2.45 bits per heavy atom. The number of hydrogen-bond donors (Lipinski definition) is 1. The molecule has 1 aromatic heterocycles. The van der Waals surface area contributed by atoms with Crippen molar-refractivity contribution in [1.82, 2.24) is 19.2 Å². The lowest BCUT2D eigenvalue weighted by molar-refractivity contribution is -0.126. The average molecular weight is 421 g/mol. The van der Waals surface area contributed by atoms with Crippen LogP contribution in [-0.4, -0.2) is 47.9 Å². The van der Waals surface area contributed by atoms with Crippen LogP contribution < -0.4 is 10.1 Å². The van der Waals surface area contributed by atoms with Crippen LogP contribution in [0.2, 0.25) is 0 Å². The van der Waals surface area contributed by atoms with Gasteiger partial charge in [-0.05, 0) is 44.4 Å². The van der Waals surface area contributed by atoms with Gasteiger partial charge in [-0.25, -0.2) is 13.4 Å². The van der Waals surface area contributed by atoms with Crippen LogP contribution in [0.5, 0.6) is 5.75 Å². The SMILES string of the molecule is CCOc1ccc(CNC(=O)C2CCN(S(=O)(=O)c3cn(C)c(C)n3)CC2)cc1. The Labute approximate surface area is 171 Å². The summed E-state index contributed by atoms with van der Waals surface area (Å²) in [5.74, 6) is 1.23. The van der Waals surface area contributed by atoms with Crippen molar-refractivity contribution < 1.29 is 17.9 Å². The molecule has 1 N–H and O–H groups in total. The fourth-order valence-electron chi connectivity index (χ4n) is 3.34. The van der Waals surface area contributed by atoms with Gasteiger partial charge in [0.1, 0.15) is 11.6 Å². The molecule has 2 heterocycles. The first kappa shape index (κ1) is 21.3. The number of ether oxygens (including phenoxy) is 1. The second kappa shape index (κ2) is 8.96. The second-order valence-corrected chi connectivity index (χ2v) is 9.10. The van der Waals surface area contributed by atoms with Gasteiger partial charge in [0.05, 0.1) is 6.61 Å². The lowest BCUT2D eigenvalue weighted by Crippen LogP contribution is -2.43. The third-order valence-electron chi connectivity index (χ3n) is 5.22. The number of rotatable bonds is 7. The molecule has 3 rings (SSSR count). The zero-order chi connectivity index (χ0) is 21.0. The van der Waals surface area contributed by atoms with Gasteiger partial charge in [-0.1, -0.05) is 12.1 Å². The molecule has 0 bridgehead atoms. The molecular formula is C20H28N4O4S. The van der Waals surface area contributed by atoms with Gasteiger partial charge >= 0.3 is 0 Å². The highest BCUT2D eigenvalue weighted by atomic mass is 32.2. The van der Waals surface area contributed by atoms with E-state index in [0.717, 1.165) is 11.3 Å². The number of amides is 1. The van der Waals surface area contributed by atoms with Gasteiger partial charge < -0.3 is 14.6 Å². The fourth-order valence-corrected chi connectivity index (χ4v) is 4.84. The minimum Gasteiger partial charge on any atom is -0.494 e. The first-order valence-corrected chi connectivity index (χ1v) is 11.2. The van der Waals surface area contributed by atoms with E-state index in [1.807, 2.05) is 31.2 Å². The smallest absolute Gasteiger partial charge is 0.262 e. The maximum atomic E-state index is 12.8. The third kappa shape index (κ3) is 4.97. The third-order valence-corrected chi connectivity index (χ3v) is 6.99. The van der Waals surface area contributed by atoms with Crippen molar-refractivity contribution in [3.8, 4) is 5.75 Å². The van der Waals surface area contributed by atoms with E-state index in [4.69, 9.17) is 4.74 Å². The largest absolute Gasteiger partial charge is 0.494 e. The monoisotopic (exact) mass is 420 g/mol. The van der Waals surface area contributed by atoms with Crippen molar-refractivity contribution in [1.29, 1.82) is 0 Å². The average Bonchev–Trinajstić information content (AvgIpc) is 3.07. The lowest BCUT2D eigenvalue weighted by Gasteiger charge is -2.29. The van der Waals surface area contributed by atoms with Crippen LogP contribution in [0.3, 0.4) is 0 Å². The van der Waals surface area contributed by atoms with Crippen molar-refractivity contribution in [2.45, 2.75) is 38.3 Å². The molecular weight excluding hydrogens is 392 g/mol. The topological polar surface area (TPSA) is 93.5 Å². The van der Waals surface area contributed by atoms with Crippen LogP contribution in [0, 0.1) is 12.8 Å². The van der Waals surface area contributed by atoms with Crippen LogP contribution in [0.4, 0.5) is 0 Å². The molecule has 0 spiro atoms. The summed E-state index contributed by atoms with van der Waals surface area (Å²) in [4.78, 5) is 16.6. The predicted octanol–water partition coefficient (Wildman–Crippen LogP) is 1.84. The van der Waals surface area contributed by atoms with Gasteiger partial charge in [-0.15, -0.1) is 0 Å². The van der Waals surface area contributed by atoms with Crippen molar-refractivity contribution in [2.24, 2.45) is 13.0 Å². The van der Waals surface area contributed by atoms with Crippen molar-refractivity contribution in [3.63, 3.8) is 0 Å². The molecule has 1 aliphatic rings. The van der Waals surface area contributed by atoms with E-state index in [0.29, 0.717) is 44.9 Å². The number of carbonyl (C=O) groups is 1. The predicted molar refractivity (Wildman–Crippen MR) is 109 cm³/mol. The summed E-state index contributed by atoms with van der Waals surface area (Å²) in [6.07, 6.45) is 2.53. The Morgan fingerprint density at radius 1 is 1.24 bits per heavy atom. The van der Waals surface area contributed by atoms with Crippen molar-refractivity contribution in [3.05, 3.63) is 41.9 Å². The Kier molecular flexibility index (Phi) is 6.59. The summed E-state index contributed by atoms with van der Waals surface area (Å²) < 4.78 is 34.0. The molecule has 2 aromatic rings. The lowest BCUT2D eigenvalue weighted by atomic mass is 9.97. The number of benzene rings is 1. The first-order chi connectivity index (χ1) is 13.8. The van der Waals surface area contributed by atoms with Gasteiger partial charge in [-0.3, -0.25) is 4.79 Å². The molecule has 0 saturated carbocycles. The number of piperidine rings is 1. The number of sulfonamides is 1. The molecule has 1 amide bonds. The van der Waals surface area contributed by atoms with Crippen molar-refractivity contribution >= 4 is 15.9 Å². The number of aryl methyl sites for hydroxylation is 2. The minimum absolute atomic E-state index is 0.0374. The van der Waals surface area contributed by atoms with Gasteiger partial charge in [0.25, 0.3) is 10.0 Å². The second-order valence-electron chi connectivity index (χ2n) is 7.21. The number of nitrogens with one attached hydrogen (secondary N) is 1. The van der Waals surface area contributed by atoms with E-state index in [1.54, 1.807) is 18.5 Å². The highest BCUT2D eigenvalue weighted by Crippen LogP contribution is 2.23. The maximum Gasteiger partial charge on any atom is 0.262 e. The molecule has 29 heavy (non-hydrogen) atoms. The molecule has 0 atom stereocenters. The number of hydrogen-bond acceptors (Lipinski definition) is 5. The van der Waals surface area contributed by atoms with Crippen LogP contribution in [0.15, 0.2) is 35.5 Å². The number of imidazole rings is 1. The van der Waals surface area contributed by atoms with E-state index >= 15 is 0 Å². The summed E-state index contributed by atoms with van der Waals surface area (Å²) in [6, 6.07) is 7.62. The van der Waals surface area contributed by atoms with Gasteiger partial charge in [0, 0.05) is 38.8 Å². The summed E-state index contributed by atoms with van der Waals surface area (Å²) in [5, 5.41) is 3.02. The van der Waals surface area contributed by atoms with Gasteiger partial charge in [-0.2, -0.15) is 4.31 Å². The summed E-state index contributed by atoms with van der Waals surface area (Å²) in [6.45, 7) is 5.39.